The quantitative estimate of drug-likeness (QED) is 0.188. The van der Waals surface area contributed by atoms with Crippen molar-refractivity contribution in [1.29, 1.82) is 0 Å². The summed E-state index contributed by atoms with van der Waals surface area (Å²) < 4.78 is 37.4. The molecule has 0 spiro atoms. The molecule has 0 aliphatic rings. The van der Waals surface area contributed by atoms with Gasteiger partial charge in [-0.3, -0.25) is 0 Å². The molecule has 16 nitrogen and oxygen atoms in total. The van der Waals surface area contributed by atoms with Gasteiger partial charge in [-0.15, -0.1) is 0 Å². The molecule has 0 saturated heterocycles. The topological polar surface area (TPSA) is 345 Å². The first-order chi connectivity index (χ1) is 12.2. The first-order valence-electron chi connectivity index (χ1n) is 5.37. The van der Waals surface area contributed by atoms with E-state index in [1.807, 2.05) is 0 Å². The third kappa shape index (κ3) is 2100. The van der Waals surface area contributed by atoms with Gasteiger partial charge in [0.05, 0.1) is 0 Å². The second-order valence-electron chi connectivity index (χ2n) is 2.50. The van der Waals surface area contributed by atoms with E-state index in [0.29, 0.717) is 0 Å². The summed E-state index contributed by atoms with van der Waals surface area (Å²) in [6, 6.07) is 0. The minimum atomic E-state index is -5.39. The van der Waals surface area contributed by atoms with Crippen LogP contribution in [-0.4, -0.2) is 97.7 Å². The normalized spacial score (nSPS) is 10.2. The van der Waals surface area contributed by atoms with Gasteiger partial charge < -0.3 is 77.0 Å². The van der Waals surface area contributed by atoms with Gasteiger partial charge in [0, 0.05) is 0 Å². The SMILES string of the molecule is O=P([O-])([O-])[O-].O=P([O-])([O-])[O-].O=P([O-])([O-])[O-].O=P([O-])([O-])[O-].[Al+2][CH2][Al+2].[Al+2][CH2][Al+2].[Al+2][CH2][Al+2]. The van der Waals surface area contributed by atoms with E-state index in [1.54, 1.807) is 0 Å². The second kappa shape index (κ2) is 31.6. The van der Waals surface area contributed by atoms with Crippen LogP contribution in [0.5, 0.6) is 0 Å². The van der Waals surface area contributed by atoms with Gasteiger partial charge in [-0.05, 0) is 0 Å². The van der Waals surface area contributed by atoms with Crippen molar-refractivity contribution in [3.63, 3.8) is 0 Å². The molecule has 0 N–H and O–H groups in total. The molecule has 0 aliphatic heterocycles. The van der Waals surface area contributed by atoms with Crippen LogP contribution in [0, 0.1) is 0 Å². The molecule has 0 aliphatic carbocycles. The van der Waals surface area contributed by atoms with Crippen molar-refractivity contribution in [2.75, 3.05) is 0 Å². The van der Waals surface area contributed by atoms with Gasteiger partial charge in [0.25, 0.3) is 0 Å². The number of hydrogen-bond acceptors (Lipinski definition) is 16. The fraction of sp³-hybridized carbons (Fsp3) is 1.00. The van der Waals surface area contributed by atoms with Gasteiger partial charge >= 0.3 is 110 Å². The van der Waals surface area contributed by atoms with Gasteiger partial charge in [0.2, 0.25) is 0 Å². The van der Waals surface area contributed by atoms with Crippen molar-refractivity contribution < 1.29 is 77.0 Å². The van der Waals surface area contributed by atoms with E-state index < -0.39 is 31.3 Å². The molecule has 152 valence electrons. The summed E-state index contributed by atoms with van der Waals surface area (Å²) in [6.07, 6.45) is 0. The Labute approximate surface area is 216 Å². The van der Waals surface area contributed by atoms with Gasteiger partial charge in [-0.25, -0.2) is 0 Å². The molecule has 0 unspecified atom stereocenters. The summed E-state index contributed by atoms with van der Waals surface area (Å²) in [5.41, 5.74) is 0. The maximum absolute atomic E-state index is 8.55. The Morgan fingerprint density at radius 1 is 0.345 bits per heavy atom. The van der Waals surface area contributed by atoms with Crippen LogP contribution in [0.25, 0.3) is 0 Å². The predicted octanol–water partition coefficient (Wildman–Crippen LogP) is -12.2. The molecular formula is C3H6Al6O16P4. The van der Waals surface area contributed by atoms with Crippen molar-refractivity contribution in [2.45, 2.75) is 12.4 Å². The van der Waals surface area contributed by atoms with Crippen LogP contribution < -0.4 is 58.7 Å². The first kappa shape index (κ1) is 49.7. The molecule has 0 radical (unpaired) electrons. The number of hydrogen-bond donors (Lipinski definition) is 0. The first-order valence-corrected chi connectivity index (χ1v) is 16.1. The van der Waals surface area contributed by atoms with E-state index in [9.17, 15) is 0 Å². The van der Waals surface area contributed by atoms with E-state index >= 15 is 0 Å². The average molecular weight is 584 g/mol. The number of rotatable bonds is 0. The van der Waals surface area contributed by atoms with Crippen LogP contribution in [0.1, 0.15) is 0 Å². The molecular weight excluding hydrogens is 578 g/mol. The van der Waals surface area contributed by atoms with Gasteiger partial charge in [0.1, 0.15) is 0 Å². The van der Waals surface area contributed by atoms with E-state index in [-0.39, 0.29) is 0 Å². The van der Waals surface area contributed by atoms with Crippen LogP contribution in [0.15, 0.2) is 0 Å². The van der Waals surface area contributed by atoms with Crippen molar-refractivity contribution in [2.24, 2.45) is 0 Å². The van der Waals surface area contributed by atoms with Crippen LogP contribution in [0.3, 0.4) is 0 Å². The summed E-state index contributed by atoms with van der Waals surface area (Å²) in [4.78, 5) is 103. The molecule has 29 heavy (non-hydrogen) atoms. The molecule has 0 amide bonds. The Kier molecular flexibility index (Phi) is 54.2. The second-order valence-corrected chi connectivity index (χ2v) is 11.7. The third-order valence-electron chi connectivity index (χ3n) is 0. The molecule has 0 aromatic heterocycles. The molecule has 0 aromatic carbocycles. The molecule has 0 aromatic rings. The van der Waals surface area contributed by atoms with Crippen LogP contribution >= 0.6 is 31.3 Å². The fourth-order valence-electron chi connectivity index (χ4n) is 0. The van der Waals surface area contributed by atoms with E-state index in [2.05, 4.69) is 97.7 Å². The molecule has 0 bridgehead atoms. The Bertz CT molecular complexity index is 349. The standard InChI is InChI=1S/3CH2.6Al.4H3O4P/c;;;;;;;;;4*1-5(2,3)4/h3*1H2;;;;;;;4*(H3,1,2,3,4)/q;;;6*+2;;;;/p-12. The minimum absolute atomic E-state index is 1.08. The average Bonchev–Trinajstić information content (AvgIpc) is 2.20. The fourth-order valence-corrected chi connectivity index (χ4v) is 0. The molecule has 0 saturated carbocycles. The summed E-state index contributed by atoms with van der Waals surface area (Å²) in [7, 11) is -21.6. The maximum atomic E-state index is 8.55. The molecule has 0 fully saturated rings. The Morgan fingerprint density at radius 2 is 0.345 bits per heavy atom. The summed E-state index contributed by atoms with van der Waals surface area (Å²) >= 11 is 15.2. The summed E-state index contributed by atoms with van der Waals surface area (Å²) in [5, 5.41) is 0. The van der Waals surface area contributed by atoms with E-state index in [0.717, 1.165) is 12.4 Å². The Balaban J connectivity index is -0.0000000395. The van der Waals surface area contributed by atoms with Crippen LogP contribution in [0.4, 0.5) is 0 Å². The van der Waals surface area contributed by atoms with E-state index in [4.69, 9.17) is 77.0 Å². The van der Waals surface area contributed by atoms with Gasteiger partial charge in [-0.1, -0.05) is 0 Å². The third-order valence-corrected chi connectivity index (χ3v) is 0. The molecule has 0 heterocycles. The summed E-state index contributed by atoms with van der Waals surface area (Å²) in [5.74, 6) is 0. The number of phosphoric acid groups is 4. The summed E-state index contributed by atoms with van der Waals surface area (Å²) in [6.45, 7) is 0. The van der Waals surface area contributed by atoms with Crippen molar-refractivity contribution in [3.05, 3.63) is 0 Å². The van der Waals surface area contributed by atoms with Crippen molar-refractivity contribution in [1.82, 2.24) is 0 Å². The van der Waals surface area contributed by atoms with Gasteiger partial charge in [0.15, 0.2) is 0 Å². The van der Waals surface area contributed by atoms with Crippen LogP contribution in [-0.2, 0) is 18.3 Å². The predicted molar refractivity (Wildman–Crippen MR) is 79.4 cm³/mol. The van der Waals surface area contributed by atoms with Gasteiger partial charge in [-0.2, -0.15) is 31.3 Å². The van der Waals surface area contributed by atoms with Crippen molar-refractivity contribution in [3.8, 4) is 0 Å². The van der Waals surface area contributed by atoms with Crippen molar-refractivity contribution >= 4 is 129 Å². The zero-order chi connectivity index (χ0) is 26.1. The Morgan fingerprint density at radius 3 is 0.345 bits per heavy atom. The molecule has 26 heteroatoms. The zero-order valence-corrected chi connectivity index (χ0v) is 24.4. The molecule has 0 atom stereocenters. The van der Waals surface area contributed by atoms with Crippen LogP contribution in [0.2, 0.25) is 12.4 Å². The monoisotopic (exact) mass is 584 g/mol. The van der Waals surface area contributed by atoms with E-state index in [1.165, 1.54) is 0 Å². The molecule has 0 rings (SSSR count). The zero-order valence-electron chi connectivity index (χ0n) is 13.9. The Hall–Kier alpha value is 3.63.